The minimum absolute atomic E-state index is 0.0000954. The fourth-order valence-corrected chi connectivity index (χ4v) is 2.49. The lowest BCUT2D eigenvalue weighted by molar-refractivity contribution is 0.126. The number of nitrogens with zero attached hydrogens (tertiary/aromatic N) is 1. The van der Waals surface area contributed by atoms with Crippen LogP contribution in [0.4, 0.5) is 0 Å². The van der Waals surface area contributed by atoms with E-state index < -0.39 is 0 Å². The Kier molecular flexibility index (Phi) is 3.07. The SMILES string of the molecule is NC1CCCCC1Oc1cc(=O)[nH]c(C2CC2)n1. The number of nitrogens with one attached hydrogen (secondary N) is 1. The number of ether oxygens (including phenoxy) is 1. The van der Waals surface area contributed by atoms with Gasteiger partial charge in [0.05, 0.1) is 6.07 Å². The summed E-state index contributed by atoms with van der Waals surface area (Å²) in [6, 6.07) is 1.48. The predicted octanol–water partition coefficient (Wildman–Crippen LogP) is 1.30. The monoisotopic (exact) mass is 249 g/mol. The van der Waals surface area contributed by atoms with E-state index in [0.717, 1.165) is 44.3 Å². The van der Waals surface area contributed by atoms with Gasteiger partial charge in [-0.25, -0.2) is 0 Å². The molecule has 3 rings (SSSR count). The Bertz CT molecular complexity index is 481. The predicted molar refractivity (Wildman–Crippen MR) is 67.7 cm³/mol. The van der Waals surface area contributed by atoms with Gasteiger partial charge in [-0.1, -0.05) is 6.42 Å². The quantitative estimate of drug-likeness (QED) is 0.846. The second kappa shape index (κ2) is 4.72. The molecule has 0 bridgehead atoms. The van der Waals surface area contributed by atoms with Gasteiger partial charge >= 0.3 is 0 Å². The highest BCUT2D eigenvalue weighted by atomic mass is 16.5. The Morgan fingerprint density at radius 1 is 1.28 bits per heavy atom. The fraction of sp³-hybridized carbons (Fsp3) is 0.692. The van der Waals surface area contributed by atoms with Crippen LogP contribution in [-0.4, -0.2) is 22.1 Å². The molecule has 2 saturated carbocycles. The highest BCUT2D eigenvalue weighted by molar-refractivity contribution is 5.14. The molecular weight excluding hydrogens is 230 g/mol. The van der Waals surface area contributed by atoms with E-state index in [-0.39, 0.29) is 17.7 Å². The molecule has 98 valence electrons. The second-order valence-electron chi connectivity index (χ2n) is 5.35. The molecule has 18 heavy (non-hydrogen) atoms. The van der Waals surface area contributed by atoms with Crippen molar-refractivity contribution in [3.8, 4) is 5.88 Å². The first-order valence-corrected chi connectivity index (χ1v) is 6.76. The second-order valence-corrected chi connectivity index (χ2v) is 5.35. The first-order chi connectivity index (χ1) is 8.72. The van der Waals surface area contributed by atoms with Gasteiger partial charge in [0.2, 0.25) is 5.88 Å². The van der Waals surface area contributed by atoms with E-state index >= 15 is 0 Å². The standard InChI is InChI=1S/C13H19N3O2/c14-9-3-1-2-4-10(9)18-12-7-11(17)15-13(16-12)8-5-6-8/h7-10H,1-6,14H2,(H,15,16,17). The molecule has 2 aliphatic rings. The molecule has 3 N–H and O–H groups in total. The molecule has 0 aromatic carbocycles. The minimum Gasteiger partial charge on any atom is -0.473 e. The molecule has 2 unspecified atom stereocenters. The maximum absolute atomic E-state index is 11.6. The first-order valence-electron chi connectivity index (χ1n) is 6.76. The van der Waals surface area contributed by atoms with Gasteiger partial charge in [0.25, 0.3) is 5.56 Å². The minimum atomic E-state index is -0.133. The lowest BCUT2D eigenvalue weighted by Gasteiger charge is -2.28. The van der Waals surface area contributed by atoms with Crippen molar-refractivity contribution in [1.29, 1.82) is 0 Å². The first kappa shape index (κ1) is 11.7. The van der Waals surface area contributed by atoms with Crippen molar-refractivity contribution in [2.75, 3.05) is 0 Å². The molecule has 0 spiro atoms. The van der Waals surface area contributed by atoms with E-state index in [1.54, 1.807) is 0 Å². The van der Waals surface area contributed by atoms with Gasteiger partial charge in [-0.15, -0.1) is 0 Å². The van der Waals surface area contributed by atoms with Gasteiger partial charge in [0, 0.05) is 12.0 Å². The summed E-state index contributed by atoms with van der Waals surface area (Å²) >= 11 is 0. The van der Waals surface area contributed by atoms with Gasteiger partial charge in [-0.2, -0.15) is 4.98 Å². The lowest BCUT2D eigenvalue weighted by Crippen LogP contribution is -2.41. The van der Waals surface area contributed by atoms with Crippen LogP contribution in [0.5, 0.6) is 5.88 Å². The van der Waals surface area contributed by atoms with Crippen LogP contribution < -0.4 is 16.0 Å². The van der Waals surface area contributed by atoms with E-state index in [0.29, 0.717) is 11.8 Å². The largest absolute Gasteiger partial charge is 0.473 e. The van der Waals surface area contributed by atoms with Gasteiger partial charge in [0.1, 0.15) is 11.9 Å². The van der Waals surface area contributed by atoms with Gasteiger partial charge < -0.3 is 15.5 Å². The van der Waals surface area contributed by atoms with Crippen LogP contribution in [-0.2, 0) is 0 Å². The maximum Gasteiger partial charge on any atom is 0.254 e. The third kappa shape index (κ3) is 2.56. The van der Waals surface area contributed by atoms with Crippen molar-refractivity contribution in [2.45, 2.75) is 56.6 Å². The Morgan fingerprint density at radius 2 is 2.06 bits per heavy atom. The summed E-state index contributed by atoms with van der Waals surface area (Å²) in [4.78, 5) is 18.7. The molecule has 5 nitrogen and oxygen atoms in total. The Morgan fingerprint density at radius 3 is 2.78 bits per heavy atom. The third-order valence-corrected chi connectivity index (χ3v) is 3.73. The van der Waals surface area contributed by atoms with Crippen LogP contribution in [0.1, 0.15) is 50.3 Å². The van der Waals surface area contributed by atoms with Crippen LogP contribution in [0.15, 0.2) is 10.9 Å². The van der Waals surface area contributed by atoms with Crippen molar-refractivity contribution in [3.05, 3.63) is 22.2 Å². The summed E-state index contributed by atoms with van der Waals surface area (Å²) in [5.41, 5.74) is 5.90. The Labute approximate surface area is 106 Å². The van der Waals surface area contributed by atoms with Crippen LogP contribution in [0.3, 0.4) is 0 Å². The van der Waals surface area contributed by atoms with Crippen LogP contribution in [0, 0.1) is 0 Å². The maximum atomic E-state index is 11.6. The van der Waals surface area contributed by atoms with Crippen molar-refractivity contribution in [1.82, 2.24) is 9.97 Å². The molecule has 0 radical (unpaired) electrons. The number of aromatic amines is 1. The summed E-state index contributed by atoms with van der Waals surface area (Å²) in [6.07, 6.45) is 6.46. The third-order valence-electron chi connectivity index (χ3n) is 3.73. The highest BCUT2D eigenvalue weighted by Gasteiger charge is 2.28. The van der Waals surface area contributed by atoms with E-state index in [2.05, 4.69) is 9.97 Å². The zero-order valence-corrected chi connectivity index (χ0v) is 10.4. The average molecular weight is 249 g/mol. The number of hydrogen-bond donors (Lipinski definition) is 2. The van der Waals surface area contributed by atoms with E-state index in [1.807, 2.05) is 0 Å². The summed E-state index contributed by atoms with van der Waals surface area (Å²) in [7, 11) is 0. The molecule has 0 amide bonds. The molecule has 0 saturated heterocycles. The topological polar surface area (TPSA) is 81.0 Å². The number of nitrogens with two attached hydrogens (primary N) is 1. The highest BCUT2D eigenvalue weighted by Crippen LogP contribution is 2.38. The molecule has 1 aromatic heterocycles. The van der Waals surface area contributed by atoms with E-state index in [9.17, 15) is 4.79 Å². The zero-order valence-electron chi connectivity index (χ0n) is 10.4. The zero-order chi connectivity index (χ0) is 12.5. The molecule has 2 fully saturated rings. The normalized spacial score (nSPS) is 28.1. The summed E-state index contributed by atoms with van der Waals surface area (Å²) in [5, 5.41) is 0. The molecule has 1 heterocycles. The van der Waals surface area contributed by atoms with Crippen LogP contribution >= 0.6 is 0 Å². The Hall–Kier alpha value is -1.36. The van der Waals surface area contributed by atoms with Crippen LogP contribution in [0.2, 0.25) is 0 Å². The number of aromatic nitrogens is 2. The van der Waals surface area contributed by atoms with Crippen molar-refractivity contribution >= 4 is 0 Å². The van der Waals surface area contributed by atoms with Crippen molar-refractivity contribution in [2.24, 2.45) is 5.73 Å². The van der Waals surface area contributed by atoms with Crippen LogP contribution in [0.25, 0.3) is 0 Å². The average Bonchev–Trinajstić information content (AvgIpc) is 3.15. The molecule has 2 atom stereocenters. The van der Waals surface area contributed by atoms with Gasteiger partial charge in [0.15, 0.2) is 0 Å². The molecular formula is C13H19N3O2. The number of hydrogen-bond acceptors (Lipinski definition) is 4. The van der Waals surface area contributed by atoms with Crippen molar-refractivity contribution < 1.29 is 4.74 Å². The van der Waals surface area contributed by atoms with Gasteiger partial charge in [-0.05, 0) is 32.1 Å². The van der Waals surface area contributed by atoms with Gasteiger partial charge in [-0.3, -0.25) is 4.79 Å². The molecule has 1 aromatic rings. The summed E-state index contributed by atoms with van der Waals surface area (Å²) in [5.74, 6) is 1.62. The lowest BCUT2D eigenvalue weighted by atomic mass is 9.93. The van der Waals surface area contributed by atoms with E-state index in [1.165, 1.54) is 6.07 Å². The molecule has 5 heteroatoms. The molecule has 0 aliphatic heterocycles. The number of H-pyrrole nitrogens is 1. The molecule has 2 aliphatic carbocycles. The fourth-order valence-electron chi connectivity index (χ4n) is 2.49. The summed E-state index contributed by atoms with van der Waals surface area (Å²) < 4.78 is 5.81. The smallest absolute Gasteiger partial charge is 0.254 e. The summed E-state index contributed by atoms with van der Waals surface area (Å²) in [6.45, 7) is 0. The van der Waals surface area contributed by atoms with Crippen molar-refractivity contribution in [3.63, 3.8) is 0 Å². The van der Waals surface area contributed by atoms with E-state index in [4.69, 9.17) is 10.5 Å². The number of rotatable bonds is 3. The Balaban J connectivity index is 1.76.